The molecular formula is C21H26N2O5S. The maximum Gasteiger partial charge on any atom is 0.260 e. The summed E-state index contributed by atoms with van der Waals surface area (Å²) in [6.45, 7) is 5.32. The van der Waals surface area contributed by atoms with Crippen molar-refractivity contribution in [3.05, 3.63) is 66.2 Å². The lowest BCUT2D eigenvalue weighted by Gasteiger charge is -2.26. The summed E-state index contributed by atoms with van der Waals surface area (Å²) in [6, 6.07) is 11.3. The number of methoxy groups -OCH3 is 1. The maximum absolute atomic E-state index is 12.6. The molecule has 7 nitrogen and oxygen atoms in total. The zero-order valence-corrected chi connectivity index (χ0v) is 17.6. The summed E-state index contributed by atoms with van der Waals surface area (Å²) in [6.07, 6.45) is 2.49. The molecule has 29 heavy (non-hydrogen) atoms. The van der Waals surface area contributed by atoms with Crippen LogP contribution in [0, 0.1) is 0 Å². The molecule has 2 aromatic rings. The van der Waals surface area contributed by atoms with Crippen molar-refractivity contribution in [3.63, 3.8) is 0 Å². The van der Waals surface area contributed by atoms with E-state index in [9.17, 15) is 13.2 Å². The number of likely N-dealkylation sites (N-methyl/N-ethyl adjacent to an activating group) is 1. The van der Waals surface area contributed by atoms with Crippen molar-refractivity contribution in [2.24, 2.45) is 5.14 Å². The van der Waals surface area contributed by atoms with Crippen molar-refractivity contribution < 1.29 is 22.7 Å². The van der Waals surface area contributed by atoms with Gasteiger partial charge in [0.2, 0.25) is 10.0 Å². The predicted molar refractivity (Wildman–Crippen MR) is 111 cm³/mol. The summed E-state index contributed by atoms with van der Waals surface area (Å²) in [5.74, 6) is 0.732. The number of carbonyl (C=O) groups is 1. The third-order valence-corrected chi connectivity index (χ3v) is 5.51. The molecule has 1 atom stereocenters. The number of nitrogens with two attached hydrogens (primary N) is 1. The minimum absolute atomic E-state index is 0.00305. The van der Waals surface area contributed by atoms with Crippen LogP contribution in [0.2, 0.25) is 0 Å². The first-order valence-corrected chi connectivity index (χ1v) is 10.5. The zero-order chi connectivity index (χ0) is 21.6. The Bertz CT molecular complexity index is 988. The molecule has 0 heterocycles. The van der Waals surface area contributed by atoms with Crippen LogP contribution >= 0.6 is 0 Å². The normalized spacial score (nSPS) is 12.1. The second kappa shape index (κ2) is 9.58. The van der Waals surface area contributed by atoms with Gasteiger partial charge in [-0.05, 0) is 48.7 Å². The van der Waals surface area contributed by atoms with Gasteiger partial charge in [0.25, 0.3) is 5.91 Å². The number of nitrogens with zero attached hydrogens (tertiary/aromatic N) is 1. The first kappa shape index (κ1) is 22.4. The number of amides is 1. The monoisotopic (exact) mass is 418 g/mol. The van der Waals surface area contributed by atoms with Gasteiger partial charge in [-0.3, -0.25) is 4.79 Å². The topological polar surface area (TPSA) is 98.9 Å². The molecule has 0 aliphatic heterocycles. The average Bonchev–Trinajstić information content (AvgIpc) is 2.71. The maximum atomic E-state index is 12.6. The largest absolute Gasteiger partial charge is 0.493 e. The third-order valence-electron chi connectivity index (χ3n) is 4.60. The molecule has 156 valence electrons. The van der Waals surface area contributed by atoms with Crippen molar-refractivity contribution >= 4 is 15.9 Å². The highest BCUT2D eigenvalue weighted by molar-refractivity contribution is 7.89. The van der Waals surface area contributed by atoms with E-state index in [1.807, 2.05) is 12.1 Å². The highest BCUT2D eigenvalue weighted by atomic mass is 32.2. The Balaban J connectivity index is 2.08. The van der Waals surface area contributed by atoms with Crippen LogP contribution < -0.4 is 14.6 Å². The predicted octanol–water partition coefficient (Wildman–Crippen LogP) is 2.67. The molecular weight excluding hydrogens is 392 g/mol. The summed E-state index contributed by atoms with van der Waals surface area (Å²) in [5, 5.41) is 5.19. The molecule has 0 bridgehead atoms. The number of sulfonamides is 1. The van der Waals surface area contributed by atoms with Crippen molar-refractivity contribution in [2.45, 2.75) is 24.3 Å². The van der Waals surface area contributed by atoms with Crippen LogP contribution in [-0.2, 0) is 21.2 Å². The van der Waals surface area contributed by atoms with E-state index in [-0.39, 0.29) is 23.5 Å². The number of rotatable bonds is 9. The summed E-state index contributed by atoms with van der Waals surface area (Å²) in [5.41, 5.74) is 1.68. The van der Waals surface area contributed by atoms with Crippen LogP contribution in [-0.4, -0.2) is 40.0 Å². The van der Waals surface area contributed by atoms with Crippen molar-refractivity contribution in [3.8, 4) is 11.5 Å². The van der Waals surface area contributed by atoms with Gasteiger partial charge in [-0.1, -0.05) is 24.3 Å². The lowest BCUT2D eigenvalue weighted by Crippen LogP contribution is -2.33. The van der Waals surface area contributed by atoms with Crippen LogP contribution in [0.25, 0.3) is 0 Å². The van der Waals surface area contributed by atoms with Crippen LogP contribution in [0.4, 0.5) is 0 Å². The number of hydrogen-bond donors (Lipinski definition) is 1. The lowest BCUT2D eigenvalue weighted by atomic mass is 10.1. The molecule has 1 unspecified atom stereocenters. The molecule has 0 aliphatic rings. The van der Waals surface area contributed by atoms with Gasteiger partial charge in [0, 0.05) is 7.05 Å². The molecule has 2 aromatic carbocycles. The third kappa shape index (κ3) is 5.82. The molecule has 0 saturated heterocycles. The number of carbonyl (C=O) groups excluding carboxylic acids is 1. The van der Waals surface area contributed by atoms with E-state index >= 15 is 0 Å². The fourth-order valence-corrected chi connectivity index (χ4v) is 3.33. The van der Waals surface area contributed by atoms with Gasteiger partial charge < -0.3 is 14.4 Å². The van der Waals surface area contributed by atoms with Gasteiger partial charge in [-0.25, -0.2) is 13.6 Å². The van der Waals surface area contributed by atoms with Crippen LogP contribution in [0.5, 0.6) is 11.5 Å². The fraction of sp³-hybridized carbons (Fsp3) is 0.286. The van der Waals surface area contributed by atoms with Gasteiger partial charge >= 0.3 is 0 Å². The Morgan fingerprint density at radius 3 is 2.59 bits per heavy atom. The number of allylic oxidation sites excluding steroid dienone is 1. The molecule has 0 fully saturated rings. The molecule has 0 aromatic heterocycles. The van der Waals surface area contributed by atoms with Crippen molar-refractivity contribution in [1.29, 1.82) is 0 Å². The lowest BCUT2D eigenvalue weighted by molar-refractivity contribution is -0.134. The molecule has 1 amide bonds. The second-order valence-corrected chi connectivity index (χ2v) is 8.13. The van der Waals surface area contributed by atoms with Gasteiger partial charge in [0.15, 0.2) is 18.1 Å². The van der Waals surface area contributed by atoms with Crippen LogP contribution in [0.3, 0.4) is 0 Å². The first-order chi connectivity index (χ1) is 13.7. The highest BCUT2D eigenvalue weighted by Gasteiger charge is 2.20. The molecule has 0 aliphatic carbocycles. The SMILES string of the molecule is C=CCc1ccc(OCC(=O)N(C)C(C)c2cccc(S(N)(=O)=O)c2)c(OC)c1. The van der Waals surface area contributed by atoms with E-state index in [1.165, 1.54) is 24.1 Å². The van der Waals surface area contributed by atoms with E-state index in [0.717, 1.165) is 5.56 Å². The van der Waals surface area contributed by atoms with E-state index in [4.69, 9.17) is 14.6 Å². The number of primary sulfonamides is 1. The summed E-state index contributed by atoms with van der Waals surface area (Å²) in [4.78, 5) is 14.1. The van der Waals surface area contributed by atoms with E-state index in [2.05, 4.69) is 6.58 Å². The number of ether oxygens (including phenoxy) is 2. The molecule has 0 saturated carbocycles. The van der Waals surface area contributed by atoms with E-state index in [1.54, 1.807) is 38.2 Å². The Hall–Kier alpha value is -2.84. The Labute approximate surface area is 171 Å². The molecule has 2 rings (SSSR count). The van der Waals surface area contributed by atoms with Gasteiger partial charge in [-0.2, -0.15) is 0 Å². The zero-order valence-electron chi connectivity index (χ0n) is 16.8. The van der Waals surface area contributed by atoms with Crippen molar-refractivity contribution in [2.75, 3.05) is 20.8 Å². The summed E-state index contributed by atoms with van der Waals surface area (Å²) in [7, 11) is -0.649. The van der Waals surface area contributed by atoms with Gasteiger partial charge in [0.1, 0.15) is 0 Å². The summed E-state index contributed by atoms with van der Waals surface area (Å²) >= 11 is 0. The summed E-state index contributed by atoms with van der Waals surface area (Å²) < 4.78 is 34.1. The van der Waals surface area contributed by atoms with Crippen molar-refractivity contribution in [1.82, 2.24) is 4.90 Å². The minimum atomic E-state index is -3.81. The minimum Gasteiger partial charge on any atom is -0.493 e. The van der Waals surface area contributed by atoms with E-state index in [0.29, 0.717) is 23.5 Å². The molecule has 8 heteroatoms. The van der Waals surface area contributed by atoms with Crippen LogP contribution in [0.15, 0.2) is 60.0 Å². The molecule has 2 N–H and O–H groups in total. The number of hydrogen-bond acceptors (Lipinski definition) is 5. The average molecular weight is 419 g/mol. The Kier molecular flexibility index (Phi) is 7.41. The molecule has 0 radical (unpaired) electrons. The Morgan fingerprint density at radius 2 is 1.97 bits per heavy atom. The van der Waals surface area contributed by atoms with Gasteiger partial charge in [0.05, 0.1) is 18.0 Å². The highest BCUT2D eigenvalue weighted by Crippen LogP contribution is 2.29. The van der Waals surface area contributed by atoms with Crippen LogP contribution in [0.1, 0.15) is 24.1 Å². The fourth-order valence-electron chi connectivity index (χ4n) is 2.76. The number of benzene rings is 2. The van der Waals surface area contributed by atoms with Gasteiger partial charge in [-0.15, -0.1) is 6.58 Å². The second-order valence-electron chi connectivity index (χ2n) is 6.56. The quantitative estimate of drug-likeness (QED) is 0.631. The Morgan fingerprint density at radius 1 is 1.24 bits per heavy atom. The standard InChI is InChI=1S/C21H26N2O5S/c1-5-7-16-10-11-19(20(12-16)27-4)28-14-21(24)23(3)15(2)17-8-6-9-18(13-17)29(22,25)26/h5-6,8-13,15H,1,7,14H2,2-4H3,(H2,22,25,26). The molecule has 0 spiro atoms. The first-order valence-electron chi connectivity index (χ1n) is 8.96. The smallest absolute Gasteiger partial charge is 0.260 e. The van der Waals surface area contributed by atoms with E-state index < -0.39 is 10.0 Å².